The maximum atomic E-state index is 11.0. The molecule has 0 amide bonds. The first-order chi connectivity index (χ1) is 18.9. The summed E-state index contributed by atoms with van der Waals surface area (Å²) in [5, 5.41) is 36.7. The predicted octanol–water partition coefficient (Wildman–Crippen LogP) is 2.07. The summed E-state index contributed by atoms with van der Waals surface area (Å²) in [5.74, 6) is 1.95. The second-order valence-corrected chi connectivity index (χ2v) is 10.3. The first-order valence-corrected chi connectivity index (χ1v) is 13.5. The Hall–Kier alpha value is -3.62. The molecule has 1 saturated heterocycles. The molecule has 4 aromatic heterocycles. The van der Waals surface area contributed by atoms with E-state index < -0.39 is 24.5 Å². The summed E-state index contributed by atoms with van der Waals surface area (Å²) in [7, 11) is 1.93. The van der Waals surface area contributed by atoms with E-state index in [1.807, 2.05) is 17.8 Å². The lowest BCUT2D eigenvalue weighted by Crippen LogP contribution is -2.29. The van der Waals surface area contributed by atoms with Crippen LogP contribution in [0.4, 0.5) is 11.8 Å². The van der Waals surface area contributed by atoms with Crippen molar-refractivity contribution in [1.82, 2.24) is 39.3 Å². The number of ether oxygens (including phenoxy) is 1. The van der Waals surface area contributed by atoms with Gasteiger partial charge in [0.15, 0.2) is 29.3 Å². The zero-order valence-electron chi connectivity index (χ0n) is 22.2. The lowest BCUT2D eigenvalue weighted by molar-refractivity contribution is -0.0439. The standard InChI is InChI=1S/C25H34N10O4/c1-4-14(5-2)29-20-16-21(31-25(30-20)26-9-8-15-10-34(3)11-27-15)35(12-28-16)24-18(37)17(36)19(38-24)23-33-32-22(39-23)13-6-7-13/h10-14,17-19,24,36-37H,4-9H2,1-3H3,(H2,26,29,30,31)/t17-,18+,19-,24+/m0/s1. The minimum atomic E-state index is -1.27. The number of aliphatic hydroxyl groups is 2. The van der Waals surface area contributed by atoms with Crippen LogP contribution in [0.25, 0.3) is 11.2 Å². The molecule has 0 aromatic carbocycles. The monoisotopic (exact) mass is 538 g/mol. The SMILES string of the molecule is CCC(CC)Nc1nc(NCCc2cn(C)cn2)nc2c1ncn2[C@@H]1O[C@H](c2nnc(C3CC3)o2)[C@@H](O)[C@H]1O. The van der Waals surface area contributed by atoms with Crippen LogP contribution in [-0.4, -0.2) is 74.3 Å². The normalized spacial score (nSPS) is 23.2. The fourth-order valence-electron chi connectivity index (χ4n) is 4.82. The van der Waals surface area contributed by atoms with E-state index in [0.717, 1.165) is 31.4 Å². The van der Waals surface area contributed by atoms with Crippen LogP contribution in [0.1, 0.15) is 75.3 Å². The molecule has 1 aliphatic carbocycles. The smallest absolute Gasteiger partial charge is 0.248 e. The van der Waals surface area contributed by atoms with Gasteiger partial charge in [0.1, 0.15) is 12.2 Å². The Kier molecular flexibility index (Phi) is 6.91. The molecular weight excluding hydrogens is 504 g/mol. The first-order valence-electron chi connectivity index (χ1n) is 13.5. The van der Waals surface area contributed by atoms with E-state index in [4.69, 9.17) is 19.1 Å². The summed E-state index contributed by atoms with van der Waals surface area (Å²) in [6.07, 6.45) is 5.35. The zero-order valence-corrected chi connectivity index (χ0v) is 22.2. The number of nitrogens with one attached hydrogen (secondary N) is 2. The summed E-state index contributed by atoms with van der Waals surface area (Å²) in [5.41, 5.74) is 1.96. The topological polar surface area (TPSA) is 174 Å². The zero-order chi connectivity index (χ0) is 27.1. The maximum Gasteiger partial charge on any atom is 0.248 e. The molecule has 14 heteroatoms. The minimum absolute atomic E-state index is 0.151. The highest BCUT2D eigenvalue weighted by molar-refractivity contribution is 5.84. The third-order valence-corrected chi connectivity index (χ3v) is 7.31. The fourth-order valence-corrected chi connectivity index (χ4v) is 4.82. The molecule has 5 heterocycles. The lowest BCUT2D eigenvalue weighted by Gasteiger charge is -2.18. The van der Waals surface area contributed by atoms with Crippen LogP contribution in [0, 0.1) is 0 Å². The van der Waals surface area contributed by atoms with Crippen molar-refractivity contribution in [3.8, 4) is 0 Å². The molecule has 4 atom stereocenters. The number of aliphatic hydroxyl groups excluding tert-OH is 2. The maximum absolute atomic E-state index is 11.0. The molecule has 0 unspecified atom stereocenters. The van der Waals surface area contributed by atoms with Crippen molar-refractivity contribution < 1.29 is 19.4 Å². The van der Waals surface area contributed by atoms with Crippen molar-refractivity contribution in [3.63, 3.8) is 0 Å². The van der Waals surface area contributed by atoms with Crippen molar-refractivity contribution in [2.24, 2.45) is 7.05 Å². The number of rotatable bonds is 11. The quantitative estimate of drug-likeness (QED) is 0.219. The molecule has 6 rings (SSSR count). The largest absolute Gasteiger partial charge is 0.422 e. The van der Waals surface area contributed by atoms with Crippen molar-refractivity contribution >= 4 is 22.9 Å². The van der Waals surface area contributed by atoms with Gasteiger partial charge in [0.2, 0.25) is 17.7 Å². The highest BCUT2D eigenvalue weighted by atomic mass is 16.6. The van der Waals surface area contributed by atoms with Gasteiger partial charge in [-0.15, -0.1) is 10.2 Å². The summed E-state index contributed by atoms with van der Waals surface area (Å²) in [6.45, 7) is 4.80. The van der Waals surface area contributed by atoms with Gasteiger partial charge in [-0.05, 0) is 25.7 Å². The third kappa shape index (κ3) is 5.06. The van der Waals surface area contributed by atoms with Gasteiger partial charge in [-0.1, -0.05) is 13.8 Å². The Morgan fingerprint density at radius 3 is 2.56 bits per heavy atom. The Morgan fingerprint density at radius 2 is 1.85 bits per heavy atom. The molecule has 208 valence electrons. The molecule has 0 bridgehead atoms. The van der Waals surface area contributed by atoms with E-state index in [9.17, 15) is 10.2 Å². The van der Waals surface area contributed by atoms with Gasteiger partial charge in [-0.25, -0.2) is 9.97 Å². The number of aryl methyl sites for hydroxylation is 1. The van der Waals surface area contributed by atoms with Gasteiger partial charge in [-0.2, -0.15) is 9.97 Å². The molecule has 1 saturated carbocycles. The van der Waals surface area contributed by atoms with Gasteiger partial charge >= 0.3 is 0 Å². The molecule has 4 N–H and O–H groups in total. The highest BCUT2D eigenvalue weighted by Crippen LogP contribution is 2.43. The van der Waals surface area contributed by atoms with Gasteiger partial charge < -0.3 is 34.6 Å². The van der Waals surface area contributed by atoms with Crippen LogP contribution < -0.4 is 10.6 Å². The number of nitrogens with zero attached hydrogens (tertiary/aromatic N) is 8. The first kappa shape index (κ1) is 25.6. The van der Waals surface area contributed by atoms with Crippen molar-refractivity contribution in [2.75, 3.05) is 17.2 Å². The summed E-state index contributed by atoms with van der Waals surface area (Å²) in [6, 6.07) is 0.201. The van der Waals surface area contributed by atoms with Gasteiger partial charge in [0, 0.05) is 38.2 Å². The second-order valence-electron chi connectivity index (χ2n) is 10.3. The van der Waals surface area contributed by atoms with Crippen LogP contribution in [0.2, 0.25) is 0 Å². The van der Waals surface area contributed by atoms with Gasteiger partial charge in [-0.3, -0.25) is 4.57 Å². The van der Waals surface area contributed by atoms with Crippen LogP contribution in [0.5, 0.6) is 0 Å². The Labute approximate surface area is 224 Å². The number of imidazole rings is 2. The summed E-state index contributed by atoms with van der Waals surface area (Å²) >= 11 is 0. The van der Waals surface area contributed by atoms with Gasteiger partial charge in [0.05, 0.1) is 18.3 Å². The molecular formula is C25H34N10O4. The lowest BCUT2D eigenvalue weighted by atomic mass is 10.1. The van der Waals surface area contributed by atoms with E-state index in [2.05, 4.69) is 44.6 Å². The van der Waals surface area contributed by atoms with E-state index in [-0.39, 0.29) is 17.9 Å². The molecule has 1 aliphatic heterocycles. The molecule has 0 spiro atoms. The van der Waals surface area contributed by atoms with Crippen molar-refractivity contribution in [2.45, 2.75) is 82.5 Å². The average Bonchev–Trinajstić information content (AvgIpc) is 3.22. The number of fused-ring (bicyclic) bond motifs is 1. The second kappa shape index (κ2) is 10.5. The van der Waals surface area contributed by atoms with Crippen molar-refractivity contribution in [1.29, 1.82) is 0 Å². The molecule has 2 aliphatic rings. The number of anilines is 2. The molecule has 4 aromatic rings. The molecule has 0 radical (unpaired) electrons. The van der Waals surface area contributed by atoms with Crippen LogP contribution in [0.3, 0.4) is 0 Å². The van der Waals surface area contributed by atoms with E-state index in [0.29, 0.717) is 41.8 Å². The number of aromatic nitrogens is 8. The summed E-state index contributed by atoms with van der Waals surface area (Å²) < 4.78 is 15.4. The number of hydrogen-bond acceptors (Lipinski definition) is 12. The highest BCUT2D eigenvalue weighted by Gasteiger charge is 2.48. The van der Waals surface area contributed by atoms with Crippen LogP contribution in [-0.2, 0) is 18.2 Å². The van der Waals surface area contributed by atoms with E-state index in [1.54, 1.807) is 17.2 Å². The molecule has 39 heavy (non-hydrogen) atoms. The molecule has 2 fully saturated rings. The third-order valence-electron chi connectivity index (χ3n) is 7.31. The number of hydrogen-bond donors (Lipinski definition) is 4. The predicted molar refractivity (Wildman–Crippen MR) is 140 cm³/mol. The van der Waals surface area contributed by atoms with Crippen LogP contribution >= 0.6 is 0 Å². The Morgan fingerprint density at radius 1 is 1.05 bits per heavy atom. The fraction of sp³-hybridized carbons (Fsp3) is 0.600. The van der Waals surface area contributed by atoms with E-state index >= 15 is 0 Å². The summed E-state index contributed by atoms with van der Waals surface area (Å²) in [4.78, 5) is 18.4. The minimum Gasteiger partial charge on any atom is -0.422 e. The van der Waals surface area contributed by atoms with E-state index in [1.165, 1.54) is 0 Å². The average molecular weight is 539 g/mol. The Balaban J connectivity index is 1.29. The van der Waals surface area contributed by atoms with Gasteiger partial charge in [0.25, 0.3) is 0 Å². The van der Waals surface area contributed by atoms with Crippen molar-refractivity contribution in [3.05, 3.63) is 36.3 Å². The molecule has 14 nitrogen and oxygen atoms in total. The van der Waals surface area contributed by atoms with Crippen LogP contribution in [0.15, 0.2) is 23.3 Å². The Bertz CT molecular complexity index is 1430.